The molecular weight excluding hydrogens is 192 g/mol. The topological polar surface area (TPSA) is 55.0 Å². The van der Waals surface area contributed by atoms with Crippen molar-refractivity contribution in [2.24, 2.45) is 0 Å². The smallest absolute Gasteiger partial charge is 0.166 e. The molecular formula is C11H14N2O2. The number of nitrogens with zero attached hydrogens (tertiary/aromatic N) is 1. The molecule has 1 aliphatic carbocycles. The molecule has 2 aliphatic rings. The standard InChI is InChI=1S/C11H14N2O2/c14-8-4-1-3-7-10(8)11(13-12-7)9-5-2-6-15-9/h9H,1-6H2,(H,12,13)/t9-/m0/s1. The van der Waals surface area contributed by atoms with Gasteiger partial charge in [0.25, 0.3) is 0 Å². The van der Waals surface area contributed by atoms with E-state index >= 15 is 0 Å². The van der Waals surface area contributed by atoms with Crippen LogP contribution in [0.2, 0.25) is 0 Å². The maximum atomic E-state index is 11.8. The van der Waals surface area contributed by atoms with E-state index in [-0.39, 0.29) is 11.9 Å². The fourth-order valence-electron chi connectivity index (χ4n) is 2.46. The van der Waals surface area contributed by atoms with Crippen LogP contribution in [0, 0.1) is 0 Å². The first kappa shape index (κ1) is 9.09. The van der Waals surface area contributed by atoms with Crippen molar-refractivity contribution >= 4 is 5.78 Å². The van der Waals surface area contributed by atoms with Crippen LogP contribution >= 0.6 is 0 Å². The molecule has 1 aromatic rings. The van der Waals surface area contributed by atoms with Crippen molar-refractivity contribution in [2.45, 2.75) is 38.2 Å². The zero-order valence-corrected chi connectivity index (χ0v) is 8.58. The molecule has 1 N–H and O–H groups in total. The average molecular weight is 206 g/mol. The van der Waals surface area contributed by atoms with Gasteiger partial charge in [0.15, 0.2) is 5.78 Å². The highest BCUT2D eigenvalue weighted by molar-refractivity contribution is 5.99. The third-order valence-corrected chi connectivity index (χ3v) is 3.21. The van der Waals surface area contributed by atoms with Crippen molar-refractivity contribution in [2.75, 3.05) is 6.61 Å². The van der Waals surface area contributed by atoms with Gasteiger partial charge in [0.05, 0.1) is 5.56 Å². The van der Waals surface area contributed by atoms with E-state index in [0.717, 1.165) is 49.2 Å². The number of aromatic amines is 1. The molecule has 0 saturated carbocycles. The monoisotopic (exact) mass is 206 g/mol. The number of nitrogens with one attached hydrogen (secondary N) is 1. The minimum Gasteiger partial charge on any atom is -0.372 e. The Morgan fingerprint density at radius 3 is 3.07 bits per heavy atom. The van der Waals surface area contributed by atoms with Gasteiger partial charge in [-0.05, 0) is 25.7 Å². The number of ketones is 1. The molecule has 0 aromatic carbocycles. The molecule has 2 heterocycles. The van der Waals surface area contributed by atoms with Crippen LogP contribution in [-0.4, -0.2) is 22.6 Å². The van der Waals surface area contributed by atoms with Crippen molar-refractivity contribution in [3.63, 3.8) is 0 Å². The Hall–Kier alpha value is -1.16. The zero-order valence-electron chi connectivity index (χ0n) is 8.58. The zero-order chi connectivity index (χ0) is 10.3. The number of Topliss-reactive ketones (excluding diaryl/α,β-unsaturated/α-hetero) is 1. The lowest BCUT2D eigenvalue weighted by atomic mass is 9.93. The van der Waals surface area contributed by atoms with Crippen LogP contribution in [0.25, 0.3) is 0 Å². The maximum Gasteiger partial charge on any atom is 0.166 e. The Kier molecular flexibility index (Phi) is 2.09. The number of H-pyrrole nitrogens is 1. The third-order valence-electron chi connectivity index (χ3n) is 3.21. The molecule has 1 atom stereocenters. The minimum absolute atomic E-state index is 0.0482. The van der Waals surface area contributed by atoms with Crippen LogP contribution in [0.3, 0.4) is 0 Å². The minimum atomic E-state index is 0.0482. The lowest BCUT2D eigenvalue weighted by Gasteiger charge is -2.12. The Labute approximate surface area is 88.0 Å². The molecule has 3 rings (SSSR count). The van der Waals surface area contributed by atoms with Crippen molar-refractivity contribution < 1.29 is 9.53 Å². The summed E-state index contributed by atoms with van der Waals surface area (Å²) in [6.07, 6.45) is 4.66. The van der Waals surface area contributed by atoms with E-state index < -0.39 is 0 Å². The quantitative estimate of drug-likeness (QED) is 0.762. The summed E-state index contributed by atoms with van der Waals surface area (Å²) in [6.45, 7) is 0.792. The van der Waals surface area contributed by atoms with Gasteiger partial charge in [-0.1, -0.05) is 0 Å². The second-order valence-electron chi connectivity index (χ2n) is 4.24. The second kappa shape index (κ2) is 3.45. The predicted octanol–water partition coefficient (Wildman–Crippen LogP) is 1.78. The number of carbonyl (C=O) groups excluding carboxylic acids is 1. The Morgan fingerprint density at radius 2 is 2.27 bits per heavy atom. The summed E-state index contributed by atoms with van der Waals surface area (Å²) in [4.78, 5) is 11.8. The molecule has 80 valence electrons. The van der Waals surface area contributed by atoms with E-state index in [2.05, 4.69) is 10.2 Å². The largest absolute Gasteiger partial charge is 0.372 e. The number of aromatic nitrogens is 2. The van der Waals surface area contributed by atoms with E-state index in [0.29, 0.717) is 6.42 Å². The lowest BCUT2D eigenvalue weighted by Crippen LogP contribution is -2.12. The summed E-state index contributed by atoms with van der Waals surface area (Å²) in [5.41, 5.74) is 2.69. The Balaban J connectivity index is 2.01. The highest BCUT2D eigenvalue weighted by atomic mass is 16.5. The van der Waals surface area contributed by atoms with Crippen LogP contribution in [0.5, 0.6) is 0 Å². The van der Waals surface area contributed by atoms with Crippen LogP contribution in [-0.2, 0) is 11.2 Å². The number of rotatable bonds is 1. The molecule has 1 saturated heterocycles. The summed E-state index contributed by atoms with van der Waals surface area (Å²) in [5.74, 6) is 0.232. The molecule has 1 aromatic heterocycles. The van der Waals surface area contributed by atoms with Gasteiger partial charge in [-0.3, -0.25) is 9.89 Å². The first-order valence-electron chi connectivity index (χ1n) is 5.58. The van der Waals surface area contributed by atoms with Crippen LogP contribution in [0.15, 0.2) is 0 Å². The normalized spacial score (nSPS) is 25.6. The Morgan fingerprint density at radius 1 is 1.33 bits per heavy atom. The lowest BCUT2D eigenvalue weighted by molar-refractivity contribution is 0.0938. The van der Waals surface area contributed by atoms with Gasteiger partial charge < -0.3 is 4.74 Å². The van der Waals surface area contributed by atoms with E-state index in [1.165, 1.54) is 0 Å². The molecule has 0 amide bonds. The number of ether oxygens (including phenoxy) is 1. The third kappa shape index (κ3) is 1.40. The molecule has 15 heavy (non-hydrogen) atoms. The summed E-state index contributed by atoms with van der Waals surface area (Å²) >= 11 is 0. The van der Waals surface area contributed by atoms with Gasteiger partial charge in [0, 0.05) is 18.7 Å². The van der Waals surface area contributed by atoms with Crippen molar-refractivity contribution in [1.82, 2.24) is 10.2 Å². The van der Waals surface area contributed by atoms with Crippen LogP contribution in [0.1, 0.15) is 53.5 Å². The first-order valence-corrected chi connectivity index (χ1v) is 5.58. The number of hydrogen-bond donors (Lipinski definition) is 1. The summed E-state index contributed by atoms with van der Waals surface area (Å²) in [6, 6.07) is 0. The van der Waals surface area contributed by atoms with Gasteiger partial charge in [-0.25, -0.2) is 0 Å². The summed E-state index contributed by atoms with van der Waals surface area (Å²) in [5, 5.41) is 7.24. The van der Waals surface area contributed by atoms with Crippen LogP contribution < -0.4 is 0 Å². The van der Waals surface area contributed by atoms with E-state index in [1.807, 2.05) is 0 Å². The Bertz CT molecular complexity index is 391. The number of aryl methyl sites for hydroxylation is 1. The van der Waals surface area contributed by atoms with Crippen molar-refractivity contribution in [3.05, 3.63) is 17.0 Å². The predicted molar refractivity (Wildman–Crippen MR) is 53.8 cm³/mol. The highest BCUT2D eigenvalue weighted by Gasteiger charge is 2.30. The molecule has 1 aliphatic heterocycles. The SMILES string of the molecule is O=C1CCCc2[nH]nc([C@@H]3CCCO3)c21. The fourth-order valence-corrected chi connectivity index (χ4v) is 2.46. The molecule has 4 nitrogen and oxygen atoms in total. The van der Waals surface area contributed by atoms with Crippen molar-refractivity contribution in [3.8, 4) is 0 Å². The molecule has 0 spiro atoms. The van der Waals surface area contributed by atoms with Gasteiger partial charge >= 0.3 is 0 Å². The highest BCUT2D eigenvalue weighted by Crippen LogP contribution is 2.33. The van der Waals surface area contributed by atoms with Gasteiger partial charge in [-0.2, -0.15) is 5.10 Å². The molecule has 0 radical (unpaired) electrons. The van der Waals surface area contributed by atoms with E-state index in [9.17, 15) is 4.79 Å². The molecule has 0 bridgehead atoms. The first-order chi connectivity index (χ1) is 7.36. The van der Waals surface area contributed by atoms with Gasteiger partial charge in [0.2, 0.25) is 0 Å². The van der Waals surface area contributed by atoms with Crippen molar-refractivity contribution in [1.29, 1.82) is 0 Å². The number of carbonyl (C=O) groups is 1. The maximum absolute atomic E-state index is 11.8. The number of fused-ring (bicyclic) bond motifs is 1. The summed E-state index contributed by atoms with van der Waals surface area (Å²) < 4.78 is 5.58. The van der Waals surface area contributed by atoms with Crippen LogP contribution in [0.4, 0.5) is 0 Å². The fraction of sp³-hybridized carbons (Fsp3) is 0.636. The van der Waals surface area contributed by atoms with Gasteiger partial charge in [0.1, 0.15) is 11.8 Å². The molecule has 1 fully saturated rings. The van der Waals surface area contributed by atoms with Gasteiger partial charge in [-0.15, -0.1) is 0 Å². The second-order valence-corrected chi connectivity index (χ2v) is 4.24. The van der Waals surface area contributed by atoms with E-state index in [4.69, 9.17) is 4.74 Å². The summed E-state index contributed by atoms with van der Waals surface area (Å²) in [7, 11) is 0. The number of hydrogen-bond acceptors (Lipinski definition) is 3. The molecule has 4 heteroatoms. The van der Waals surface area contributed by atoms with E-state index in [1.54, 1.807) is 0 Å². The molecule has 0 unspecified atom stereocenters. The average Bonchev–Trinajstić information content (AvgIpc) is 2.85.